The van der Waals surface area contributed by atoms with Gasteiger partial charge in [-0.1, -0.05) is 19.9 Å². The second-order valence-electron chi connectivity index (χ2n) is 3.50. The standard InChI is InChI=1S/C10H12F3N/c1-7(2)9-5-3-4-8(14-9)6-10(11,12)13/h3-5,7H,6H2,1-2H3. The molecule has 1 aromatic rings. The second-order valence-corrected chi connectivity index (χ2v) is 3.50. The highest BCUT2D eigenvalue weighted by atomic mass is 19.4. The Balaban J connectivity index is 2.84. The van der Waals surface area contributed by atoms with Crippen LogP contribution in [0.3, 0.4) is 0 Å². The van der Waals surface area contributed by atoms with Crippen LogP contribution in [0.2, 0.25) is 0 Å². The smallest absolute Gasteiger partial charge is 0.257 e. The first-order chi connectivity index (χ1) is 6.38. The fourth-order valence-electron chi connectivity index (χ4n) is 1.12. The fraction of sp³-hybridized carbons (Fsp3) is 0.500. The van der Waals surface area contributed by atoms with E-state index in [-0.39, 0.29) is 11.6 Å². The number of halogens is 3. The summed E-state index contributed by atoms with van der Waals surface area (Å²) in [5.74, 6) is 0.156. The molecule has 1 nitrogen and oxygen atoms in total. The molecular weight excluding hydrogens is 191 g/mol. The van der Waals surface area contributed by atoms with E-state index in [0.717, 1.165) is 0 Å². The molecule has 0 saturated carbocycles. The zero-order valence-corrected chi connectivity index (χ0v) is 8.10. The minimum Gasteiger partial charge on any atom is -0.257 e. The molecule has 0 fully saturated rings. The third-order valence-corrected chi connectivity index (χ3v) is 1.80. The summed E-state index contributed by atoms with van der Waals surface area (Å²) in [6, 6.07) is 4.76. The molecule has 1 heterocycles. The maximum absolute atomic E-state index is 12.0. The minimum atomic E-state index is -4.18. The molecule has 1 aromatic heterocycles. The van der Waals surface area contributed by atoms with Crippen molar-refractivity contribution in [2.24, 2.45) is 0 Å². The van der Waals surface area contributed by atoms with Crippen LogP contribution >= 0.6 is 0 Å². The number of hydrogen-bond donors (Lipinski definition) is 0. The average Bonchev–Trinajstić information content (AvgIpc) is 2.01. The molecule has 0 atom stereocenters. The van der Waals surface area contributed by atoms with Gasteiger partial charge >= 0.3 is 6.18 Å². The van der Waals surface area contributed by atoms with Crippen LogP contribution in [0.5, 0.6) is 0 Å². The van der Waals surface area contributed by atoms with Gasteiger partial charge in [0.15, 0.2) is 0 Å². The van der Waals surface area contributed by atoms with E-state index in [0.29, 0.717) is 5.69 Å². The van der Waals surface area contributed by atoms with E-state index in [1.807, 2.05) is 13.8 Å². The molecule has 14 heavy (non-hydrogen) atoms. The minimum absolute atomic E-state index is 0.0868. The van der Waals surface area contributed by atoms with E-state index in [2.05, 4.69) is 4.98 Å². The highest BCUT2D eigenvalue weighted by Crippen LogP contribution is 2.21. The topological polar surface area (TPSA) is 12.9 Å². The molecule has 0 aliphatic heterocycles. The summed E-state index contributed by atoms with van der Waals surface area (Å²) in [6.45, 7) is 3.80. The summed E-state index contributed by atoms with van der Waals surface area (Å²) in [4.78, 5) is 3.94. The molecule has 0 aliphatic rings. The maximum atomic E-state index is 12.0. The molecule has 78 valence electrons. The molecule has 0 spiro atoms. The highest BCUT2D eigenvalue weighted by Gasteiger charge is 2.28. The summed E-state index contributed by atoms with van der Waals surface area (Å²) >= 11 is 0. The molecule has 4 heteroatoms. The number of rotatable bonds is 2. The van der Waals surface area contributed by atoms with E-state index < -0.39 is 12.6 Å². The second kappa shape index (κ2) is 3.98. The number of hydrogen-bond acceptors (Lipinski definition) is 1. The lowest BCUT2D eigenvalue weighted by atomic mass is 10.1. The molecule has 0 N–H and O–H groups in total. The van der Waals surface area contributed by atoms with Crippen molar-refractivity contribution < 1.29 is 13.2 Å². The first-order valence-corrected chi connectivity index (χ1v) is 4.41. The van der Waals surface area contributed by atoms with Crippen LogP contribution in [0.25, 0.3) is 0 Å². The lowest BCUT2D eigenvalue weighted by Gasteiger charge is -2.08. The van der Waals surface area contributed by atoms with Gasteiger partial charge in [0.1, 0.15) is 0 Å². The van der Waals surface area contributed by atoms with Crippen LogP contribution < -0.4 is 0 Å². The van der Waals surface area contributed by atoms with Crippen molar-refractivity contribution in [3.05, 3.63) is 29.6 Å². The molecule has 0 radical (unpaired) electrons. The van der Waals surface area contributed by atoms with Crippen molar-refractivity contribution in [1.82, 2.24) is 4.98 Å². The van der Waals surface area contributed by atoms with Crippen LogP contribution in [0, 0.1) is 0 Å². The van der Waals surface area contributed by atoms with Crippen LogP contribution in [-0.4, -0.2) is 11.2 Å². The van der Waals surface area contributed by atoms with E-state index >= 15 is 0 Å². The first-order valence-electron chi connectivity index (χ1n) is 4.41. The Hall–Kier alpha value is -1.06. The van der Waals surface area contributed by atoms with Crippen LogP contribution in [0.1, 0.15) is 31.2 Å². The largest absolute Gasteiger partial charge is 0.394 e. The maximum Gasteiger partial charge on any atom is 0.394 e. The SMILES string of the molecule is CC(C)c1cccc(CC(F)(F)F)n1. The van der Waals surface area contributed by atoms with Crippen molar-refractivity contribution in [1.29, 1.82) is 0 Å². The Morgan fingerprint density at radius 1 is 1.29 bits per heavy atom. The predicted molar refractivity (Wildman–Crippen MR) is 48.1 cm³/mol. The Kier molecular flexibility index (Phi) is 3.13. The average molecular weight is 203 g/mol. The number of nitrogens with zero attached hydrogens (tertiary/aromatic N) is 1. The van der Waals surface area contributed by atoms with Gasteiger partial charge in [-0.2, -0.15) is 13.2 Å². The molecule has 0 aliphatic carbocycles. The zero-order chi connectivity index (χ0) is 10.8. The van der Waals surface area contributed by atoms with Gasteiger partial charge in [0.2, 0.25) is 0 Å². The molecule has 0 aromatic carbocycles. The highest BCUT2D eigenvalue weighted by molar-refractivity contribution is 5.14. The van der Waals surface area contributed by atoms with Crippen LogP contribution in [-0.2, 0) is 6.42 Å². The third-order valence-electron chi connectivity index (χ3n) is 1.80. The van der Waals surface area contributed by atoms with E-state index in [9.17, 15) is 13.2 Å². The lowest BCUT2D eigenvalue weighted by Crippen LogP contribution is -2.13. The quantitative estimate of drug-likeness (QED) is 0.718. The van der Waals surface area contributed by atoms with Crippen molar-refractivity contribution >= 4 is 0 Å². The molecular formula is C10H12F3N. The fourth-order valence-corrected chi connectivity index (χ4v) is 1.12. The summed E-state index contributed by atoms with van der Waals surface area (Å²) in [5.41, 5.74) is 0.787. The van der Waals surface area contributed by atoms with E-state index in [1.165, 1.54) is 6.07 Å². The Morgan fingerprint density at radius 2 is 1.93 bits per heavy atom. The summed E-state index contributed by atoms with van der Waals surface area (Å²) in [6.07, 6.45) is -5.13. The number of alkyl halides is 3. The number of pyridine rings is 1. The van der Waals surface area contributed by atoms with E-state index in [4.69, 9.17) is 0 Å². The first kappa shape index (κ1) is 11.0. The molecule has 0 saturated heterocycles. The van der Waals surface area contributed by atoms with Gasteiger partial charge in [-0.05, 0) is 18.1 Å². The van der Waals surface area contributed by atoms with Gasteiger partial charge < -0.3 is 0 Å². The molecule has 0 amide bonds. The predicted octanol–water partition coefficient (Wildman–Crippen LogP) is 3.31. The Bertz CT molecular complexity index is 304. The normalized spacial score (nSPS) is 12.1. The van der Waals surface area contributed by atoms with Gasteiger partial charge in [-0.3, -0.25) is 4.98 Å². The van der Waals surface area contributed by atoms with Crippen LogP contribution in [0.15, 0.2) is 18.2 Å². The van der Waals surface area contributed by atoms with E-state index in [1.54, 1.807) is 12.1 Å². The van der Waals surface area contributed by atoms with Crippen molar-refractivity contribution in [2.45, 2.75) is 32.4 Å². The van der Waals surface area contributed by atoms with Crippen molar-refractivity contribution in [3.63, 3.8) is 0 Å². The van der Waals surface area contributed by atoms with Gasteiger partial charge in [0, 0.05) is 11.4 Å². The Labute approximate surface area is 81.0 Å². The van der Waals surface area contributed by atoms with Crippen molar-refractivity contribution in [2.75, 3.05) is 0 Å². The third kappa shape index (κ3) is 3.36. The molecule has 0 unspecified atom stereocenters. The van der Waals surface area contributed by atoms with Gasteiger partial charge in [0.25, 0.3) is 0 Å². The summed E-state index contributed by atoms with van der Waals surface area (Å²) < 4.78 is 36.1. The zero-order valence-electron chi connectivity index (χ0n) is 8.10. The Morgan fingerprint density at radius 3 is 2.43 bits per heavy atom. The van der Waals surface area contributed by atoms with Gasteiger partial charge in [-0.15, -0.1) is 0 Å². The number of aromatic nitrogens is 1. The van der Waals surface area contributed by atoms with Gasteiger partial charge in [0.05, 0.1) is 6.42 Å². The lowest BCUT2D eigenvalue weighted by molar-refractivity contribution is -0.127. The molecule has 1 rings (SSSR count). The molecule has 0 bridgehead atoms. The van der Waals surface area contributed by atoms with Crippen LogP contribution in [0.4, 0.5) is 13.2 Å². The monoisotopic (exact) mass is 203 g/mol. The van der Waals surface area contributed by atoms with Gasteiger partial charge in [-0.25, -0.2) is 0 Å². The summed E-state index contributed by atoms with van der Waals surface area (Å²) in [5, 5.41) is 0. The van der Waals surface area contributed by atoms with Crippen molar-refractivity contribution in [3.8, 4) is 0 Å². The summed E-state index contributed by atoms with van der Waals surface area (Å²) in [7, 11) is 0.